The molecule has 0 atom stereocenters. The summed E-state index contributed by atoms with van der Waals surface area (Å²) in [7, 11) is 1.60. The fraction of sp³-hybridized carbons (Fsp3) is 0.348. The summed E-state index contributed by atoms with van der Waals surface area (Å²) in [5.41, 5.74) is 1.65. The van der Waals surface area contributed by atoms with Crippen LogP contribution in [0.5, 0.6) is 11.5 Å². The van der Waals surface area contributed by atoms with Crippen LogP contribution in [0.3, 0.4) is 0 Å². The van der Waals surface area contributed by atoms with E-state index in [-0.39, 0.29) is 5.41 Å². The monoisotopic (exact) mass is 395 g/mol. The second-order valence-corrected chi connectivity index (χ2v) is 8.16. The second-order valence-electron chi connectivity index (χ2n) is 7.75. The minimum absolute atomic E-state index is 0.121. The van der Waals surface area contributed by atoms with Crippen molar-refractivity contribution in [1.29, 1.82) is 0 Å². The molecule has 0 radical (unpaired) electrons. The van der Waals surface area contributed by atoms with Crippen molar-refractivity contribution in [3.63, 3.8) is 0 Å². The molecule has 2 aliphatic rings. The molecule has 0 saturated heterocycles. The minimum Gasteiger partial charge on any atom is -0.495 e. The molecule has 1 N–H and O–H groups in total. The molecular weight excluding hydrogens is 374 g/mol. The summed E-state index contributed by atoms with van der Waals surface area (Å²) in [4.78, 5) is 12.2. The third-order valence-electron chi connectivity index (χ3n) is 5.42. The van der Waals surface area contributed by atoms with Gasteiger partial charge in [0.2, 0.25) is 0 Å². The summed E-state index contributed by atoms with van der Waals surface area (Å²) in [6.07, 6.45) is 3.37. The normalized spacial score (nSPS) is 17.7. The van der Waals surface area contributed by atoms with Crippen LogP contribution in [0.25, 0.3) is 0 Å². The van der Waals surface area contributed by atoms with E-state index in [0.29, 0.717) is 16.5 Å². The third kappa shape index (κ3) is 3.95. The molecule has 4 rings (SSSR count). The Morgan fingerprint density at radius 2 is 1.86 bits per heavy atom. The van der Waals surface area contributed by atoms with Gasteiger partial charge in [0.15, 0.2) is 0 Å². The molecule has 2 aromatic carbocycles. The molecule has 0 bridgehead atoms. The van der Waals surface area contributed by atoms with Gasteiger partial charge in [-0.3, -0.25) is 0 Å². The number of benzene rings is 2. The molecule has 1 amide bonds. The van der Waals surface area contributed by atoms with Crippen molar-refractivity contribution in [3.8, 4) is 23.3 Å². The number of ether oxygens (including phenoxy) is 2. The summed E-state index contributed by atoms with van der Waals surface area (Å²) < 4.78 is 10.7. The van der Waals surface area contributed by atoms with E-state index in [9.17, 15) is 4.79 Å². The van der Waals surface area contributed by atoms with Crippen LogP contribution in [0.1, 0.15) is 43.7 Å². The van der Waals surface area contributed by atoms with Crippen LogP contribution in [-0.4, -0.2) is 18.7 Å². The van der Waals surface area contributed by atoms with E-state index in [0.717, 1.165) is 36.8 Å². The largest absolute Gasteiger partial charge is 0.495 e. The number of hydrogen-bond donors (Lipinski definition) is 1. The Hall–Kier alpha value is -2.64. The van der Waals surface area contributed by atoms with Gasteiger partial charge in [-0.05, 0) is 60.9 Å². The lowest BCUT2D eigenvalue weighted by molar-refractivity contribution is 0.197. The predicted molar refractivity (Wildman–Crippen MR) is 109 cm³/mol. The number of nitrogens with one attached hydrogen (secondary N) is 1. The van der Waals surface area contributed by atoms with Crippen molar-refractivity contribution < 1.29 is 14.3 Å². The van der Waals surface area contributed by atoms with Gasteiger partial charge < -0.3 is 14.8 Å². The molecule has 4 nitrogen and oxygen atoms in total. The molecule has 2 fully saturated rings. The van der Waals surface area contributed by atoms with E-state index in [4.69, 9.17) is 21.1 Å². The van der Waals surface area contributed by atoms with Crippen LogP contribution in [0.4, 0.5) is 4.79 Å². The number of rotatable bonds is 4. The standard InChI is InChI=1S/C23H22ClNO3/c1-22(10-11-22)18-15-19(24)20(27-2)14-16(18)8-9-23(12-13-23)25-21(26)28-17-6-4-3-5-7-17/h3-7,14-15H,10-13H2,1-2H3,(H,25,26). The lowest BCUT2D eigenvalue weighted by Gasteiger charge is -2.15. The van der Waals surface area contributed by atoms with Gasteiger partial charge in [-0.15, -0.1) is 0 Å². The predicted octanol–water partition coefficient (Wildman–Crippen LogP) is 5.07. The summed E-state index contributed by atoms with van der Waals surface area (Å²) in [6, 6.07) is 12.9. The van der Waals surface area contributed by atoms with E-state index in [2.05, 4.69) is 24.1 Å². The van der Waals surface area contributed by atoms with Gasteiger partial charge >= 0.3 is 6.09 Å². The van der Waals surface area contributed by atoms with E-state index >= 15 is 0 Å². The number of hydrogen-bond acceptors (Lipinski definition) is 3. The highest BCUT2D eigenvalue weighted by atomic mass is 35.5. The van der Waals surface area contributed by atoms with Crippen LogP contribution in [0.15, 0.2) is 42.5 Å². The first-order valence-corrected chi connectivity index (χ1v) is 9.77. The quantitative estimate of drug-likeness (QED) is 0.735. The lowest BCUT2D eigenvalue weighted by atomic mass is 9.93. The number of amides is 1. The third-order valence-corrected chi connectivity index (χ3v) is 5.72. The molecule has 2 aromatic rings. The molecule has 0 spiro atoms. The smallest absolute Gasteiger partial charge is 0.413 e. The van der Waals surface area contributed by atoms with Gasteiger partial charge in [0.25, 0.3) is 0 Å². The zero-order valence-electron chi connectivity index (χ0n) is 16.0. The average molecular weight is 396 g/mol. The van der Waals surface area contributed by atoms with Crippen LogP contribution in [-0.2, 0) is 5.41 Å². The Labute approximate surface area is 170 Å². The Morgan fingerprint density at radius 1 is 1.14 bits per heavy atom. The molecule has 2 aliphatic carbocycles. The molecule has 28 heavy (non-hydrogen) atoms. The second kappa shape index (κ2) is 7.07. The SMILES string of the molecule is COc1cc(C#CC2(NC(=O)Oc3ccccc3)CC2)c(C2(C)CC2)cc1Cl. The first-order chi connectivity index (χ1) is 13.4. The topological polar surface area (TPSA) is 47.6 Å². The molecule has 5 heteroatoms. The van der Waals surface area contributed by atoms with E-state index < -0.39 is 11.6 Å². The number of carbonyl (C=O) groups excluding carboxylic acids is 1. The maximum absolute atomic E-state index is 12.2. The van der Waals surface area contributed by atoms with Crippen molar-refractivity contribution in [2.24, 2.45) is 0 Å². The first kappa shape index (κ1) is 18.7. The highest BCUT2D eigenvalue weighted by Crippen LogP contribution is 2.50. The number of carbonyl (C=O) groups is 1. The molecule has 0 heterocycles. The summed E-state index contributed by atoms with van der Waals surface area (Å²) in [6.45, 7) is 2.22. The van der Waals surface area contributed by atoms with Gasteiger partial charge in [0, 0.05) is 5.56 Å². The number of para-hydroxylation sites is 1. The fourth-order valence-corrected chi connectivity index (χ4v) is 3.42. The average Bonchev–Trinajstić information content (AvgIpc) is 3.60. The van der Waals surface area contributed by atoms with E-state index in [1.807, 2.05) is 30.3 Å². The van der Waals surface area contributed by atoms with E-state index in [1.54, 1.807) is 19.2 Å². The molecule has 0 aliphatic heterocycles. The minimum atomic E-state index is -0.527. The maximum atomic E-state index is 12.2. The van der Waals surface area contributed by atoms with Crippen LogP contribution >= 0.6 is 11.6 Å². The molecule has 144 valence electrons. The van der Waals surface area contributed by atoms with Gasteiger partial charge in [-0.2, -0.15) is 0 Å². The summed E-state index contributed by atoms with van der Waals surface area (Å²) in [5, 5.41) is 3.51. The number of methoxy groups -OCH3 is 1. The van der Waals surface area contributed by atoms with Crippen molar-refractivity contribution in [2.75, 3.05) is 7.11 Å². The Morgan fingerprint density at radius 3 is 2.46 bits per heavy atom. The van der Waals surface area contributed by atoms with Crippen molar-refractivity contribution in [3.05, 3.63) is 58.6 Å². The van der Waals surface area contributed by atoms with Crippen LogP contribution in [0.2, 0.25) is 5.02 Å². The number of halogens is 1. The molecule has 0 aromatic heterocycles. The van der Waals surface area contributed by atoms with Crippen LogP contribution < -0.4 is 14.8 Å². The van der Waals surface area contributed by atoms with Crippen molar-refractivity contribution in [1.82, 2.24) is 5.32 Å². The highest BCUT2D eigenvalue weighted by Gasteiger charge is 2.44. The lowest BCUT2D eigenvalue weighted by Crippen LogP contribution is -2.37. The van der Waals surface area contributed by atoms with Crippen molar-refractivity contribution in [2.45, 2.75) is 43.6 Å². The Balaban J connectivity index is 1.54. The summed E-state index contributed by atoms with van der Waals surface area (Å²) in [5.74, 6) is 7.65. The van der Waals surface area contributed by atoms with Crippen LogP contribution in [0, 0.1) is 11.8 Å². The Bertz CT molecular complexity index is 967. The molecule has 2 saturated carbocycles. The Kier molecular flexibility index (Phi) is 4.72. The van der Waals surface area contributed by atoms with Gasteiger partial charge in [-0.25, -0.2) is 4.79 Å². The van der Waals surface area contributed by atoms with Gasteiger partial charge in [-0.1, -0.05) is 48.6 Å². The maximum Gasteiger partial charge on any atom is 0.413 e. The van der Waals surface area contributed by atoms with E-state index in [1.165, 1.54) is 0 Å². The highest BCUT2D eigenvalue weighted by molar-refractivity contribution is 6.32. The zero-order chi connectivity index (χ0) is 19.8. The molecule has 0 unspecified atom stereocenters. The summed E-state index contributed by atoms with van der Waals surface area (Å²) >= 11 is 6.34. The van der Waals surface area contributed by atoms with Crippen molar-refractivity contribution >= 4 is 17.7 Å². The first-order valence-electron chi connectivity index (χ1n) is 9.39. The van der Waals surface area contributed by atoms with Gasteiger partial charge in [0.05, 0.1) is 12.1 Å². The van der Waals surface area contributed by atoms with Gasteiger partial charge in [0.1, 0.15) is 17.0 Å². The molecular formula is C23H22ClNO3. The fourth-order valence-electron chi connectivity index (χ4n) is 3.18. The zero-order valence-corrected chi connectivity index (χ0v) is 16.7.